The summed E-state index contributed by atoms with van der Waals surface area (Å²) in [5.74, 6) is 0. The van der Waals surface area contributed by atoms with Crippen molar-refractivity contribution in [2.45, 2.75) is 39.5 Å². The number of aryl methyl sites for hydroxylation is 1. The van der Waals surface area contributed by atoms with E-state index in [1.807, 2.05) is 19.1 Å². The number of nitro groups is 1. The molecule has 0 unspecified atom stereocenters. The molecule has 1 rings (SSSR count). The van der Waals surface area contributed by atoms with Gasteiger partial charge in [-0.2, -0.15) is 0 Å². The van der Waals surface area contributed by atoms with Gasteiger partial charge in [-0.25, -0.2) is 0 Å². The molecule has 0 fully saturated rings. The lowest BCUT2D eigenvalue weighted by Gasteiger charge is -2.19. The molecule has 0 saturated heterocycles. The maximum absolute atomic E-state index is 10.9. The van der Waals surface area contributed by atoms with E-state index in [1.165, 1.54) is 0 Å². The van der Waals surface area contributed by atoms with Crippen molar-refractivity contribution in [2.75, 3.05) is 0 Å². The van der Waals surface area contributed by atoms with Crippen LogP contribution >= 0.6 is 0 Å². The van der Waals surface area contributed by atoms with Crippen LogP contribution in [-0.4, -0.2) is 4.92 Å². The molecule has 0 atom stereocenters. The molecule has 0 spiro atoms. The highest BCUT2D eigenvalue weighted by molar-refractivity contribution is 5.45. The van der Waals surface area contributed by atoms with Gasteiger partial charge in [-0.05, 0) is 17.4 Å². The third-order valence-electron chi connectivity index (χ3n) is 2.53. The minimum atomic E-state index is -0.298. The van der Waals surface area contributed by atoms with E-state index in [0.29, 0.717) is 6.42 Å². The van der Waals surface area contributed by atoms with Crippen molar-refractivity contribution in [3.05, 3.63) is 39.4 Å². The average molecular weight is 207 g/mol. The zero-order valence-corrected chi connectivity index (χ0v) is 9.70. The molecule has 0 aliphatic carbocycles. The molecule has 0 radical (unpaired) electrons. The molecular formula is C12H17NO2. The van der Waals surface area contributed by atoms with Crippen LogP contribution in [0.25, 0.3) is 0 Å². The van der Waals surface area contributed by atoms with Crippen LogP contribution in [0.15, 0.2) is 18.2 Å². The summed E-state index contributed by atoms with van der Waals surface area (Å²) in [6, 6.07) is 5.53. The standard InChI is InChI=1S/C12H17NO2/c1-5-9-6-7-10(12(2,3)4)8-11(9)13(14)15/h6-8H,5H2,1-4H3. The Labute approximate surface area is 90.3 Å². The molecule has 0 aliphatic rings. The van der Waals surface area contributed by atoms with Crippen LogP contribution in [0.3, 0.4) is 0 Å². The van der Waals surface area contributed by atoms with Crippen molar-refractivity contribution in [1.82, 2.24) is 0 Å². The van der Waals surface area contributed by atoms with Gasteiger partial charge in [-0.1, -0.05) is 39.8 Å². The first-order valence-electron chi connectivity index (χ1n) is 5.14. The third-order valence-corrected chi connectivity index (χ3v) is 2.53. The van der Waals surface area contributed by atoms with E-state index < -0.39 is 0 Å². The first kappa shape index (κ1) is 11.7. The summed E-state index contributed by atoms with van der Waals surface area (Å²) >= 11 is 0. The average Bonchev–Trinajstić information content (AvgIpc) is 2.15. The molecule has 0 amide bonds. The Bertz CT molecular complexity index is 378. The summed E-state index contributed by atoms with van der Waals surface area (Å²) in [6.45, 7) is 8.09. The summed E-state index contributed by atoms with van der Waals surface area (Å²) in [7, 11) is 0. The molecule has 0 saturated carbocycles. The van der Waals surface area contributed by atoms with Gasteiger partial charge in [0.15, 0.2) is 0 Å². The Morgan fingerprint density at radius 2 is 1.93 bits per heavy atom. The molecule has 0 heterocycles. The second kappa shape index (κ2) is 4.01. The first-order valence-corrected chi connectivity index (χ1v) is 5.14. The highest BCUT2D eigenvalue weighted by atomic mass is 16.6. The fraction of sp³-hybridized carbons (Fsp3) is 0.500. The number of hydrogen-bond donors (Lipinski definition) is 0. The maximum atomic E-state index is 10.9. The molecule has 1 aromatic carbocycles. The van der Waals surface area contributed by atoms with Gasteiger partial charge in [0.2, 0.25) is 0 Å². The number of hydrogen-bond acceptors (Lipinski definition) is 2. The van der Waals surface area contributed by atoms with E-state index in [-0.39, 0.29) is 16.0 Å². The lowest BCUT2D eigenvalue weighted by atomic mass is 9.86. The smallest absolute Gasteiger partial charge is 0.258 e. The third kappa shape index (κ3) is 2.55. The van der Waals surface area contributed by atoms with Gasteiger partial charge in [-0.15, -0.1) is 0 Å². The SMILES string of the molecule is CCc1ccc(C(C)(C)C)cc1[N+](=O)[O-]. The molecule has 0 aromatic heterocycles. The number of rotatable bonds is 2. The van der Waals surface area contributed by atoms with Gasteiger partial charge in [0, 0.05) is 11.6 Å². The summed E-state index contributed by atoms with van der Waals surface area (Å²) in [6.07, 6.45) is 0.695. The molecule has 15 heavy (non-hydrogen) atoms. The molecule has 0 N–H and O–H groups in total. The molecule has 3 heteroatoms. The quantitative estimate of drug-likeness (QED) is 0.550. The van der Waals surface area contributed by atoms with E-state index in [4.69, 9.17) is 0 Å². The fourth-order valence-electron chi connectivity index (χ4n) is 1.50. The Balaban J connectivity index is 3.28. The predicted octanol–water partition coefficient (Wildman–Crippen LogP) is 3.45. The topological polar surface area (TPSA) is 43.1 Å². The number of nitrogens with zero attached hydrogens (tertiary/aromatic N) is 1. The van der Waals surface area contributed by atoms with Gasteiger partial charge in [0.05, 0.1) is 4.92 Å². The molecule has 1 aromatic rings. The van der Waals surface area contributed by atoms with Gasteiger partial charge in [0.25, 0.3) is 5.69 Å². The molecule has 0 bridgehead atoms. The Morgan fingerprint density at radius 1 is 1.33 bits per heavy atom. The van der Waals surface area contributed by atoms with E-state index >= 15 is 0 Å². The van der Waals surface area contributed by atoms with E-state index in [1.54, 1.807) is 6.07 Å². The lowest BCUT2D eigenvalue weighted by molar-refractivity contribution is -0.385. The van der Waals surface area contributed by atoms with Gasteiger partial charge >= 0.3 is 0 Å². The molecule has 82 valence electrons. The minimum Gasteiger partial charge on any atom is -0.258 e. The van der Waals surface area contributed by atoms with Crippen molar-refractivity contribution in [3.8, 4) is 0 Å². The van der Waals surface area contributed by atoms with Gasteiger partial charge in [0.1, 0.15) is 0 Å². The van der Waals surface area contributed by atoms with Crippen molar-refractivity contribution in [3.63, 3.8) is 0 Å². The zero-order valence-electron chi connectivity index (χ0n) is 9.70. The summed E-state index contributed by atoms with van der Waals surface area (Å²) in [5, 5.41) is 10.9. The Morgan fingerprint density at radius 3 is 2.33 bits per heavy atom. The summed E-state index contributed by atoms with van der Waals surface area (Å²) in [5.41, 5.74) is 2.00. The molecular weight excluding hydrogens is 190 g/mol. The van der Waals surface area contributed by atoms with Crippen LogP contribution in [-0.2, 0) is 11.8 Å². The summed E-state index contributed by atoms with van der Waals surface area (Å²) in [4.78, 5) is 10.6. The van der Waals surface area contributed by atoms with E-state index in [2.05, 4.69) is 20.8 Å². The summed E-state index contributed by atoms with van der Waals surface area (Å²) < 4.78 is 0. The van der Waals surface area contributed by atoms with E-state index in [9.17, 15) is 10.1 Å². The molecule has 3 nitrogen and oxygen atoms in total. The van der Waals surface area contributed by atoms with Crippen molar-refractivity contribution >= 4 is 5.69 Å². The second-order valence-corrected chi connectivity index (χ2v) is 4.70. The monoisotopic (exact) mass is 207 g/mol. The van der Waals surface area contributed by atoms with Crippen LogP contribution in [0, 0.1) is 10.1 Å². The minimum absolute atomic E-state index is 0.0446. The molecule has 0 aliphatic heterocycles. The van der Waals surface area contributed by atoms with E-state index in [0.717, 1.165) is 11.1 Å². The van der Waals surface area contributed by atoms with Crippen molar-refractivity contribution in [2.24, 2.45) is 0 Å². The van der Waals surface area contributed by atoms with Crippen molar-refractivity contribution < 1.29 is 4.92 Å². The second-order valence-electron chi connectivity index (χ2n) is 4.70. The highest BCUT2D eigenvalue weighted by Crippen LogP contribution is 2.28. The van der Waals surface area contributed by atoms with Gasteiger partial charge < -0.3 is 0 Å². The Kier molecular flexibility index (Phi) is 3.12. The Hall–Kier alpha value is -1.38. The number of nitro benzene ring substituents is 1. The lowest BCUT2D eigenvalue weighted by Crippen LogP contribution is -2.11. The predicted molar refractivity (Wildman–Crippen MR) is 61.2 cm³/mol. The maximum Gasteiger partial charge on any atom is 0.272 e. The van der Waals surface area contributed by atoms with Crippen LogP contribution in [0.5, 0.6) is 0 Å². The van der Waals surface area contributed by atoms with Crippen LogP contribution in [0.1, 0.15) is 38.8 Å². The first-order chi connectivity index (χ1) is 6.86. The van der Waals surface area contributed by atoms with Gasteiger partial charge in [-0.3, -0.25) is 10.1 Å². The number of benzene rings is 1. The van der Waals surface area contributed by atoms with Crippen LogP contribution in [0.2, 0.25) is 0 Å². The fourth-order valence-corrected chi connectivity index (χ4v) is 1.50. The highest BCUT2D eigenvalue weighted by Gasteiger charge is 2.19. The van der Waals surface area contributed by atoms with Crippen molar-refractivity contribution in [1.29, 1.82) is 0 Å². The van der Waals surface area contributed by atoms with Crippen LogP contribution in [0.4, 0.5) is 5.69 Å². The normalized spacial score (nSPS) is 11.5. The van der Waals surface area contributed by atoms with Crippen LogP contribution < -0.4 is 0 Å². The zero-order chi connectivity index (χ0) is 11.6. The largest absolute Gasteiger partial charge is 0.272 e.